The van der Waals surface area contributed by atoms with Crippen LogP contribution in [0.2, 0.25) is 0 Å². The molecule has 0 bridgehead atoms. The lowest BCUT2D eigenvalue weighted by Crippen LogP contribution is -2.33. The summed E-state index contributed by atoms with van der Waals surface area (Å²) < 4.78 is 22.9. The minimum Gasteiger partial charge on any atom is -0.317 e. The van der Waals surface area contributed by atoms with Crippen molar-refractivity contribution in [3.63, 3.8) is 0 Å². The highest BCUT2D eigenvalue weighted by Gasteiger charge is 2.18. The van der Waals surface area contributed by atoms with Gasteiger partial charge in [0.05, 0.1) is 5.75 Å². The Morgan fingerprint density at radius 2 is 1.72 bits per heavy atom. The maximum Gasteiger partial charge on any atom is 0.150 e. The van der Waals surface area contributed by atoms with Crippen molar-refractivity contribution >= 4 is 9.84 Å². The summed E-state index contributed by atoms with van der Waals surface area (Å²) in [5.41, 5.74) is 0. The van der Waals surface area contributed by atoms with Crippen LogP contribution < -0.4 is 5.32 Å². The molecule has 0 aromatic heterocycles. The number of unbranched alkanes of at least 4 members (excludes halogenated alkanes) is 1. The van der Waals surface area contributed by atoms with E-state index in [1.54, 1.807) is 6.92 Å². The smallest absolute Gasteiger partial charge is 0.150 e. The van der Waals surface area contributed by atoms with Crippen LogP contribution in [-0.4, -0.2) is 33.0 Å². The Balaban J connectivity index is 4.15. The van der Waals surface area contributed by atoms with E-state index in [1.165, 1.54) is 25.7 Å². The van der Waals surface area contributed by atoms with Gasteiger partial charge in [-0.1, -0.05) is 40.0 Å². The summed E-state index contributed by atoms with van der Waals surface area (Å²) in [4.78, 5) is 0. The molecule has 2 atom stereocenters. The van der Waals surface area contributed by atoms with Gasteiger partial charge in [0.25, 0.3) is 0 Å². The van der Waals surface area contributed by atoms with Crippen molar-refractivity contribution < 1.29 is 8.42 Å². The van der Waals surface area contributed by atoms with Crippen LogP contribution in [0.4, 0.5) is 0 Å². The summed E-state index contributed by atoms with van der Waals surface area (Å²) in [6.45, 7) is 6.17. The van der Waals surface area contributed by atoms with Crippen molar-refractivity contribution in [1.82, 2.24) is 5.32 Å². The molecule has 2 unspecified atom stereocenters. The quantitative estimate of drug-likeness (QED) is 0.631. The molecule has 18 heavy (non-hydrogen) atoms. The lowest BCUT2D eigenvalue weighted by atomic mass is 9.89. The van der Waals surface area contributed by atoms with Gasteiger partial charge in [0.2, 0.25) is 0 Å². The molecule has 0 aliphatic heterocycles. The zero-order valence-corrected chi connectivity index (χ0v) is 13.4. The van der Waals surface area contributed by atoms with Gasteiger partial charge < -0.3 is 5.32 Å². The summed E-state index contributed by atoms with van der Waals surface area (Å²) in [7, 11) is -0.807. The monoisotopic (exact) mass is 277 g/mol. The molecule has 0 fully saturated rings. The van der Waals surface area contributed by atoms with Gasteiger partial charge in [-0.05, 0) is 32.2 Å². The number of hydrogen-bond donors (Lipinski definition) is 1. The fraction of sp³-hybridized carbons (Fsp3) is 1.00. The van der Waals surface area contributed by atoms with Gasteiger partial charge in [-0.15, -0.1) is 0 Å². The summed E-state index contributed by atoms with van der Waals surface area (Å²) in [5.74, 6) is 1.29. The second-order valence-electron chi connectivity index (χ2n) is 5.08. The highest BCUT2D eigenvalue weighted by molar-refractivity contribution is 7.91. The fourth-order valence-corrected chi connectivity index (χ4v) is 3.33. The van der Waals surface area contributed by atoms with Crippen LogP contribution >= 0.6 is 0 Å². The first-order chi connectivity index (χ1) is 8.50. The lowest BCUT2D eigenvalue weighted by Gasteiger charge is -2.26. The van der Waals surface area contributed by atoms with Crippen molar-refractivity contribution in [1.29, 1.82) is 0 Å². The molecule has 0 aliphatic rings. The van der Waals surface area contributed by atoms with Crippen molar-refractivity contribution in [2.75, 3.05) is 18.6 Å². The van der Waals surface area contributed by atoms with E-state index in [9.17, 15) is 8.42 Å². The molecular weight excluding hydrogens is 246 g/mol. The van der Waals surface area contributed by atoms with Crippen molar-refractivity contribution in [3.8, 4) is 0 Å². The van der Waals surface area contributed by atoms with E-state index >= 15 is 0 Å². The Bertz CT molecular complexity index is 288. The van der Waals surface area contributed by atoms with E-state index < -0.39 is 9.84 Å². The maximum atomic E-state index is 11.5. The highest BCUT2D eigenvalue weighted by atomic mass is 32.2. The van der Waals surface area contributed by atoms with Crippen LogP contribution in [0.3, 0.4) is 0 Å². The third-order valence-corrected chi connectivity index (χ3v) is 5.59. The van der Waals surface area contributed by atoms with Crippen LogP contribution in [-0.2, 0) is 9.84 Å². The van der Waals surface area contributed by atoms with Crippen LogP contribution in [0.15, 0.2) is 0 Å². The second kappa shape index (κ2) is 9.79. The van der Waals surface area contributed by atoms with E-state index in [4.69, 9.17) is 0 Å². The summed E-state index contributed by atoms with van der Waals surface area (Å²) in [6, 6.07) is 0.466. The summed E-state index contributed by atoms with van der Waals surface area (Å²) in [6.07, 6.45) is 6.68. The summed E-state index contributed by atoms with van der Waals surface area (Å²) in [5, 5.41) is 3.37. The average molecular weight is 277 g/mol. The zero-order valence-electron chi connectivity index (χ0n) is 12.5. The van der Waals surface area contributed by atoms with E-state index in [-0.39, 0.29) is 5.75 Å². The van der Waals surface area contributed by atoms with Gasteiger partial charge in [0.15, 0.2) is 0 Å². The van der Waals surface area contributed by atoms with Gasteiger partial charge in [-0.2, -0.15) is 0 Å². The van der Waals surface area contributed by atoms with Crippen molar-refractivity contribution in [3.05, 3.63) is 0 Å². The minimum absolute atomic E-state index is 0.268. The molecule has 0 radical (unpaired) electrons. The van der Waals surface area contributed by atoms with Gasteiger partial charge in [0.1, 0.15) is 9.84 Å². The Morgan fingerprint density at radius 1 is 1.06 bits per heavy atom. The van der Waals surface area contributed by atoms with Crippen LogP contribution in [0.25, 0.3) is 0 Å². The molecule has 3 nitrogen and oxygen atoms in total. The normalized spacial score (nSPS) is 15.6. The number of hydrogen-bond acceptors (Lipinski definition) is 3. The molecule has 0 saturated carbocycles. The number of sulfone groups is 1. The Labute approximate surface area is 114 Å². The van der Waals surface area contributed by atoms with Crippen molar-refractivity contribution in [2.45, 2.75) is 65.3 Å². The van der Waals surface area contributed by atoms with Crippen LogP contribution in [0, 0.1) is 5.92 Å². The van der Waals surface area contributed by atoms with E-state index in [1.807, 2.05) is 7.05 Å². The largest absolute Gasteiger partial charge is 0.317 e. The Hall–Kier alpha value is -0.0900. The molecule has 4 heteroatoms. The van der Waals surface area contributed by atoms with Gasteiger partial charge in [-0.25, -0.2) is 8.42 Å². The fourth-order valence-electron chi connectivity index (χ4n) is 2.44. The predicted octanol–water partition coefficient (Wildman–Crippen LogP) is 3.01. The number of rotatable bonds is 11. The second-order valence-corrected chi connectivity index (χ2v) is 7.56. The standard InChI is InChI=1S/C14H31NO2S/c1-5-8-10-13(6-2)14(15-4)11-9-12-18(16,17)7-3/h13-15H,5-12H2,1-4H3. The Morgan fingerprint density at radius 3 is 2.17 bits per heavy atom. The molecule has 0 heterocycles. The molecule has 0 rings (SSSR count). The lowest BCUT2D eigenvalue weighted by molar-refractivity contribution is 0.315. The first-order valence-corrected chi connectivity index (χ1v) is 9.20. The molecule has 110 valence electrons. The molecule has 0 aromatic rings. The van der Waals surface area contributed by atoms with E-state index in [2.05, 4.69) is 19.2 Å². The molecule has 0 aromatic carbocycles. The van der Waals surface area contributed by atoms with Gasteiger partial charge in [0, 0.05) is 11.8 Å². The average Bonchev–Trinajstić information content (AvgIpc) is 2.37. The van der Waals surface area contributed by atoms with Gasteiger partial charge >= 0.3 is 0 Å². The van der Waals surface area contributed by atoms with Crippen molar-refractivity contribution in [2.24, 2.45) is 5.92 Å². The summed E-state index contributed by atoms with van der Waals surface area (Å²) >= 11 is 0. The maximum absolute atomic E-state index is 11.5. The molecular formula is C14H31NO2S. The topological polar surface area (TPSA) is 46.2 Å². The predicted molar refractivity (Wildman–Crippen MR) is 79.7 cm³/mol. The van der Waals surface area contributed by atoms with Gasteiger partial charge in [-0.3, -0.25) is 0 Å². The van der Waals surface area contributed by atoms with E-state index in [0.29, 0.717) is 17.7 Å². The third-order valence-electron chi connectivity index (χ3n) is 3.80. The molecule has 0 spiro atoms. The molecule has 0 aliphatic carbocycles. The Kier molecular flexibility index (Phi) is 9.74. The SMILES string of the molecule is CCCCC(CC)C(CCCS(=O)(=O)CC)NC. The third kappa shape index (κ3) is 7.37. The first-order valence-electron chi connectivity index (χ1n) is 7.38. The molecule has 1 N–H and O–H groups in total. The molecule has 0 saturated heterocycles. The molecule has 0 amide bonds. The zero-order chi connectivity index (χ0) is 14.0. The van der Waals surface area contributed by atoms with E-state index in [0.717, 1.165) is 12.8 Å². The number of nitrogens with one attached hydrogen (secondary N) is 1. The highest BCUT2D eigenvalue weighted by Crippen LogP contribution is 2.20. The van der Waals surface area contributed by atoms with Crippen LogP contribution in [0.5, 0.6) is 0 Å². The first kappa shape index (κ1) is 17.9. The minimum atomic E-state index is -2.80. The van der Waals surface area contributed by atoms with Crippen LogP contribution in [0.1, 0.15) is 59.3 Å².